The minimum Gasteiger partial charge on any atom is -0.380 e. The van der Waals surface area contributed by atoms with Crippen LogP contribution in [0.3, 0.4) is 0 Å². The molecule has 2 rings (SSSR count). The molecular weight excluding hydrogens is 212 g/mol. The van der Waals surface area contributed by atoms with Crippen molar-refractivity contribution in [1.82, 2.24) is 10.2 Å². The molecule has 1 heterocycles. The number of ether oxygens (including phenoxy) is 1. The maximum absolute atomic E-state index is 5.62. The zero-order valence-corrected chi connectivity index (χ0v) is 11.7. The van der Waals surface area contributed by atoms with Gasteiger partial charge in [0.25, 0.3) is 0 Å². The minimum absolute atomic E-state index is 0.358. The molecule has 0 aromatic carbocycles. The first-order valence-electron chi connectivity index (χ1n) is 7.22. The molecule has 1 aliphatic carbocycles. The van der Waals surface area contributed by atoms with Gasteiger partial charge in [0.1, 0.15) is 0 Å². The van der Waals surface area contributed by atoms with Crippen molar-refractivity contribution in [3.63, 3.8) is 0 Å². The highest BCUT2D eigenvalue weighted by molar-refractivity contribution is 5.03. The predicted octanol–water partition coefficient (Wildman–Crippen LogP) is 1.88. The van der Waals surface area contributed by atoms with Gasteiger partial charge in [0.05, 0.1) is 6.61 Å². The van der Waals surface area contributed by atoms with Gasteiger partial charge < -0.3 is 10.1 Å². The van der Waals surface area contributed by atoms with Gasteiger partial charge >= 0.3 is 0 Å². The summed E-state index contributed by atoms with van der Waals surface area (Å²) < 4.78 is 5.62. The van der Waals surface area contributed by atoms with Gasteiger partial charge in [-0.1, -0.05) is 6.92 Å². The summed E-state index contributed by atoms with van der Waals surface area (Å²) in [6.07, 6.45) is 3.95. The van der Waals surface area contributed by atoms with E-state index in [-0.39, 0.29) is 0 Å². The first-order valence-corrected chi connectivity index (χ1v) is 7.22. The molecule has 1 aliphatic heterocycles. The lowest BCUT2D eigenvalue weighted by molar-refractivity contribution is 0.0443. The molecule has 0 bridgehead atoms. The van der Waals surface area contributed by atoms with Gasteiger partial charge in [-0.2, -0.15) is 0 Å². The third-order valence-corrected chi connectivity index (χ3v) is 4.31. The number of piperazine rings is 1. The third-order valence-electron chi connectivity index (χ3n) is 4.31. The summed E-state index contributed by atoms with van der Waals surface area (Å²) in [6, 6.07) is 0.645. The Morgan fingerprint density at radius 1 is 1.35 bits per heavy atom. The first kappa shape index (κ1) is 13.3. The molecule has 0 aromatic heterocycles. The third kappa shape index (κ3) is 3.43. The van der Waals surface area contributed by atoms with Crippen LogP contribution in [0.5, 0.6) is 0 Å². The fourth-order valence-electron chi connectivity index (χ4n) is 2.87. The Morgan fingerprint density at radius 3 is 2.76 bits per heavy atom. The molecule has 0 spiro atoms. The van der Waals surface area contributed by atoms with Crippen molar-refractivity contribution in [1.29, 1.82) is 0 Å². The fraction of sp³-hybridized carbons (Fsp3) is 1.00. The van der Waals surface area contributed by atoms with Crippen molar-refractivity contribution in [3.05, 3.63) is 0 Å². The molecule has 2 atom stereocenters. The van der Waals surface area contributed by atoms with Gasteiger partial charge in [0.15, 0.2) is 0 Å². The molecule has 1 N–H and O–H groups in total. The topological polar surface area (TPSA) is 24.5 Å². The van der Waals surface area contributed by atoms with E-state index in [2.05, 4.69) is 31.0 Å². The quantitative estimate of drug-likeness (QED) is 0.717. The highest BCUT2D eigenvalue weighted by atomic mass is 16.5. The van der Waals surface area contributed by atoms with E-state index in [4.69, 9.17) is 4.74 Å². The molecule has 1 saturated carbocycles. The zero-order valence-electron chi connectivity index (χ0n) is 11.7. The van der Waals surface area contributed by atoms with E-state index >= 15 is 0 Å². The van der Waals surface area contributed by atoms with Crippen LogP contribution in [0, 0.1) is 5.92 Å². The summed E-state index contributed by atoms with van der Waals surface area (Å²) in [5, 5.41) is 3.76. The van der Waals surface area contributed by atoms with Crippen LogP contribution in [0.15, 0.2) is 0 Å². The van der Waals surface area contributed by atoms with Crippen molar-refractivity contribution in [2.75, 3.05) is 32.8 Å². The van der Waals surface area contributed by atoms with E-state index in [1.165, 1.54) is 19.4 Å². The molecule has 2 unspecified atom stereocenters. The summed E-state index contributed by atoms with van der Waals surface area (Å²) in [5.74, 6) is 0.911. The molecule has 2 aliphatic rings. The van der Waals surface area contributed by atoms with Gasteiger partial charge in [-0.15, -0.1) is 0 Å². The van der Waals surface area contributed by atoms with Crippen LogP contribution in [0.4, 0.5) is 0 Å². The van der Waals surface area contributed by atoms with Gasteiger partial charge in [0.2, 0.25) is 0 Å². The van der Waals surface area contributed by atoms with Crippen LogP contribution in [0.2, 0.25) is 0 Å². The Bertz CT molecular complexity index is 242. The number of rotatable bonds is 6. The largest absolute Gasteiger partial charge is 0.380 e. The van der Waals surface area contributed by atoms with Crippen LogP contribution < -0.4 is 5.32 Å². The second-order valence-corrected chi connectivity index (χ2v) is 6.00. The average molecular weight is 240 g/mol. The normalized spacial score (nSPS) is 35.1. The molecule has 3 nitrogen and oxygen atoms in total. The van der Waals surface area contributed by atoms with Crippen LogP contribution in [0.25, 0.3) is 0 Å². The zero-order chi connectivity index (χ0) is 12.3. The Labute approximate surface area is 106 Å². The highest BCUT2D eigenvalue weighted by Crippen LogP contribution is 2.41. The predicted molar refractivity (Wildman–Crippen MR) is 71.3 cm³/mol. The van der Waals surface area contributed by atoms with E-state index in [9.17, 15) is 0 Å². The smallest absolute Gasteiger partial charge is 0.0593 e. The van der Waals surface area contributed by atoms with Crippen molar-refractivity contribution in [2.24, 2.45) is 5.92 Å². The lowest BCUT2D eigenvalue weighted by atomic mass is 9.91. The van der Waals surface area contributed by atoms with E-state index < -0.39 is 0 Å². The second-order valence-electron chi connectivity index (χ2n) is 6.00. The van der Waals surface area contributed by atoms with Crippen molar-refractivity contribution >= 4 is 0 Å². The van der Waals surface area contributed by atoms with E-state index in [0.717, 1.165) is 38.6 Å². The highest BCUT2D eigenvalue weighted by Gasteiger charge is 2.45. The Balaban J connectivity index is 1.78. The monoisotopic (exact) mass is 240 g/mol. The van der Waals surface area contributed by atoms with Crippen LogP contribution in [-0.4, -0.2) is 49.3 Å². The fourth-order valence-corrected chi connectivity index (χ4v) is 2.87. The Kier molecular flexibility index (Phi) is 4.45. The molecule has 0 amide bonds. The summed E-state index contributed by atoms with van der Waals surface area (Å²) in [7, 11) is 0. The SMILES string of the molecule is CCCOCCN1CC(C)(C2CC2)NCC1C. The molecule has 3 heteroatoms. The molecule has 17 heavy (non-hydrogen) atoms. The van der Waals surface area contributed by atoms with E-state index in [0.29, 0.717) is 11.6 Å². The number of nitrogens with zero attached hydrogens (tertiary/aromatic N) is 1. The summed E-state index contributed by atoms with van der Waals surface area (Å²) in [5.41, 5.74) is 0.358. The standard InChI is InChI=1S/C14H28N2O/c1-4-8-17-9-7-16-11-14(3,13-5-6-13)15-10-12(16)2/h12-13,15H,4-11H2,1-3H3. The molecule has 1 saturated heterocycles. The first-order chi connectivity index (χ1) is 8.15. The second kappa shape index (κ2) is 5.68. The number of nitrogens with one attached hydrogen (secondary N) is 1. The van der Waals surface area contributed by atoms with Gasteiger partial charge in [-0.25, -0.2) is 0 Å². The maximum Gasteiger partial charge on any atom is 0.0593 e. The average Bonchev–Trinajstić information content (AvgIpc) is 3.13. The Hall–Kier alpha value is -0.120. The number of hydrogen-bond donors (Lipinski definition) is 1. The lowest BCUT2D eigenvalue weighted by Crippen LogP contribution is -2.63. The maximum atomic E-state index is 5.62. The molecular formula is C14H28N2O. The molecule has 0 aromatic rings. The van der Waals surface area contributed by atoms with Gasteiger partial charge in [-0.05, 0) is 39.0 Å². The van der Waals surface area contributed by atoms with Crippen LogP contribution in [0.1, 0.15) is 40.0 Å². The van der Waals surface area contributed by atoms with E-state index in [1.807, 2.05) is 0 Å². The lowest BCUT2D eigenvalue weighted by Gasteiger charge is -2.45. The summed E-state index contributed by atoms with van der Waals surface area (Å²) >= 11 is 0. The van der Waals surface area contributed by atoms with Crippen molar-refractivity contribution in [2.45, 2.75) is 51.6 Å². The van der Waals surface area contributed by atoms with Gasteiger partial charge in [0, 0.05) is 37.8 Å². The minimum atomic E-state index is 0.358. The molecule has 0 radical (unpaired) electrons. The molecule has 2 fully saturated rings. The number of hydrogen-bond acceptors (Lipinski definition) is 3. The van der Waals surface area contributed by atoms with Crippen molar-refractivity contribution < 1.29 is 4.74 Å². The molecule has 100 valence electrons. The summed E-state index contributed by atoms with van der Waals surface area (Å²) in [6.45, 7) is 12.1. The van der Waals surface area contributed by atoms with E-state index in [1.54, 1.807) is 0 Å². The van der Waals surface area contributed by atoms with Crippen molar-refractivity contribution in [3.8, 4) is 0 Å². The van der Waals surface area contributed by atoms with Gasteiger partial charge in [-0.3, -0.25) is 4.90 Å². The Morgan fingerprint density at radius 2 is 2.12 bits per heavy atom. The van der Waals surface area contributed by atoms with Crippen LogP contribution in [-0.2, 0) is 4.74 Å². The van der Waals surface area contributed by atoms with Crippen LogP contribution >= 0.6 is 0 Å². The summed E-state index contributed by atoms with van der Waals surface area (Å²) in [4.78, 5) is 2.60.